The highest BCUT2D eigenvalue weighted by Crippen LogP contribution is 2.39. The minimum Gasteiger partial charge on any atom is -0.477 e. The van der Waals surface area contributed by atoms with Gasteiger partial charge in [0.1, 0.15) is 6.10 Å². The molecule has 0 amide bonds. The number of unbranched alkanes of at least 4 members (excludes halogenated alkanes) is 3. The molecular formula is C20H34O5. The highest BCUT2D eigenvalue weighted by atomic mass is 16.8. The molecule has 2 rings (SSSR count). The fourth-order valence-electron chi connectivity index (χ4n) is 4.01. The number of carbonyl (C=O) groups is 1. The van der Waals surface area contributed by atoms with E-state index >= 15 is 0 Å². The SMILES string of the molecule is CCCCC[C@H](O)C=C[C@H]1CCC[C@@H]1CCCCC1OC1(O)C(=O)O. The molecule has 1 saturated carbocycles. The molecule has 2 unspecified atom stereocenters. The maximum Gasteiger partial charge on any atom is 0.367 e. The average molecular weight is 354 g/mol. The molecule has 0 aromatic rings. The predicted octanol–water partition coefficient (Wildman–Crippen LogP) is 3.63. The second-order valence-corrected chi connectivity index (χ2v) is 7.70. The van der Waals surface area contributed by atoms with E-state index in [0.717, 1.165) is 32.1 Å². The number of epoxide rings is 1. The number of ether oxygens (including phenoxy) is 1. The maximum absolute atomic E-state index is 10.8. The predicted molar refractivity (Wildman–Crippen MR) is 96.0 cm³/mol. The highest BCUT2D eigenvalue weighted by Gasteiger charge is 2.61. The Morgan fingerprint density at radius 2 is 2.00 bits per heavy atom. The van der Waals surface area contributed by atoms with Gasteiger partial charge in [-0.05, 0) is 43.9 Å². The van der Waals surface area contributed by atoms with Crippen LogP contribution in [0.5, 0.6) is 0 Å². The summed E-state index contributed by atoms with van der Waals surface area (Å²) in [7, 11) is 0. The first kappa shape index (κ1) is 20.4. The van der Waals surface area contributed by atoms with Crippen molar-refractivity contribution in [1.29, 1.82) is 0 Å². The summed E-state index contributed by atoms with van der Waals surface area (Å²) in [5, 5.41) is 28.4. The second-order valence-electron chi connectivity index (χ2n) is 7.70. The van der Waals surface area contributed by atoms with Gasteiger partial charge in [0.2, 0.25) is 0 Å². The zero-order chi connectivity index (χ0) is 18.3. The van der Waals surface area contributed by atoms with Crippen molar-refractivity contribution in [1.82, 2.24) is 0 Å². The summed E-state index contributed by atoms with van der Waals surface area (Å²) in [6, 6.07) is 0. The third-order valence-corrected chi connectivity index (χ3v) is 5.70. The van der Waals surface area contributed by atoms with E-state index < -0.39 is 17.9 Å². The van der Waals surface area contributed by atoms with E-state index in [0.29, 0.717) is 18.3 Å². The summed E-state index contributed by atoms with van der Waals surface area (Å²) in [4.78, 5) is 10.8. The Kier molecular flexibility index (Phi) is 7.91. The van der Waals surface area contributed by atoms with Crippen molar-refractivity contribution in [3.05, 3.63) is 12.2 Å². The molecular weight excluding hydrogens is 320 g/mol. The van der Waals surface area contributed by atoms with E-state index in [1.54, 1.807) is 0 Å². The molecule has 0 bridgehead atoms. The van der Waals surface area contributed by atoms with E-state index in [1.165, 1.54) is 32.1 Å². The molecule has 5 atom stereocenters. The number of carboxylic acids is 1. The van der Waals surface area contributed by atoms with Gasteiger partial charge in [-0.2, -0.15) is 0 Å². The molecule has 3 N–H and O–H groups in total. The van der Waals surface area contributed by atoms with Gasteiger partial charge in [-0.1, -0.05) is 57.6 Å². The van der Waals surface area contributed by atoms with E-state index in [-0.39, 0.29) is 6.10 Å². The van der Waals surface area contributed by atoms with Gasteiger partial charge in [-0.15, -0.1) is 0 Å². The average Bonchev–Trinajstić information content (AvgIpc) is 3.04. The van der Waals surface area contributed by atoms with Crippen molar-refractivity contribution in [2.75, 3.05) is 0 Å². The van der Waals surface area contributed by atoms with Crippen LogP contribution in [-0.4, -0.2) is 39.3 Å². The Labute approximate surface area is 151 Å². The number of hydrogen-bond acceptors (Lipinski definition) is 4. The van der Waals surface area contributed by atoms with E-state index in [2.05, 4.69) is 13.0 Å². The molecule has 0 aromatic heterocycles. The van der Waals surface area contributed by atoms with Gasteiger partial charge in [0, 0.05) is 0 Å². The minimum atomic E-state index is -1.92. The Morgan fingerprint density at radius 1 is 1.24 bits per heavy atom. The monoisotopic (exact) mass is 354 g/mol. The first-order valence-corrected chi connectivity index (χ1v) is 9.97. The summed E-state index contributed by atoms with van der Waals surface area (Å²) in [6.45, 7) is 2.17. The molecule has 2 fully saturated rings. The molecule has 1 heterocycles. The summed E-state index contributed by atoms with van der Waals surface area (Å²) in [6.07, 6.45) is 15.0. The normalized spacial score (nSPS) is 33.0. The molecule has 5 nitrogen and oxygen atoms in total. The van der Waals surface area contributed by atoms with Crippen LogP contribution in [0.25, 0.3) is 0 Å². The largest absolute Gasteiger partial charge is 0.477 e. The van der Waals surface area contributed by atoms with Crippen LogP contribution in [0.4, 0.5) is 0 Å². The molecule has 0 spiro atoms. The molecule has 0 radical (unpaired) electrons. The Morgan fingerprint density at radius 3 is 2.68 bits per heavy atom. The van der Waals surface area contributed by atoms with Gasteiger partial charge >= 0.3 is 5.97 Å². The van der Waals surface area contributed by atoms with Crippen molar-refractivity contribution in [3.8, 4) is 0 Å². The van der Waals surface area contributed by atoms with E-state index in [1.807, 2.05) is 6.08 Å². The third-order valence-electron chi connectivity index (χ3n) is 5.70. The molecule has 0 aromatic carbocycles. The number of aliphatic hydroxyl groups excluding tert-OH is 1. The lowest BCUT2D eigenvalue weighted by atomic mass is 9.89. The van der Waals surface area contributed by atoms with Gasteiger partial charge < -0.3 is 20.1 Å². The fourth-order valence-corrected chi connectivity index (χ4v) is 4.01. The van der Waals surface area contributed by atoms with Gasteiger partial charge in [0.25, 0.3) is 5.79 Å². The lowest BCUT2D eigenvalue weighted by Gasteiger charge is -2.16. The van der Waals surface area contributed by atoms with Crippen LogP contribution in [0, 0.1) is 11.8 Å². The van der Waals surface area contributed by atoms with Crippen LogP contribution in [-0.2, 0) is 9.53 Å². The maximum atomic E-state index is 10.8. The Hall–Kier alpha value is -0.910. The summed E-state index contributed by atoms with van der Waals surface area (Å²) >= 11 is 0. The number of hydrogen-bond donors (Lipinski definition) is 3. The van der Waals surface area contributed by atoms with Crippen molar-refractivity contribution in [2.24, 2.45) is 11.8 Å². The first-order valence-electron chi connectivity index (χ1n) is 9.97. The van der Waals surface area contributed by atoms with E-state index in [4.69, 9.17) is 9.84 Å². The number of aliphatic carboxylic acids is 1. The zero-order valence-electron chi connectivity index (χ0n) is 15.4. The van der Waals surface area contributed by atoms with Crippen LogP contribution in [0.15, 0.2) is 12.2 Å². The number of rotatable bonds is 12. The molecule has 25 heavy (non-hydrogen) atoms. The smallest absolute Gasteiger partial charge is 0.367 e. The summed E-state index contributed by atoms with van der Waals surface area (Å²) in [5.74, 6) is -1.98. The number of allylic oxidation sites excluding steroid dienone is 1. The zero-order valence-corrected chi connectivity index (χ0v) is 15.4. The highest BCUT2D eigenvalue weighted by molar-refractivity contribution is 5.78. The standard InChI is InChI=1S/C20H34O5/c1-2-3-4-11-17(21)14-13-16-10-7-9-15(16)8-5-6-12-18-20(24,25-18)19(22)23/h13-18,21,24H,2-12H2,1H3,(H,22,23)/t15-,16+,17-,18?,20?/m0/s1. The summed E-state index contributed by atoms with van der Waals surface area (Å²) < 4.78 is 4.88. The van der Waals surface area contributed by atoms with Gasteiger partial charge in [-0.25, -0.2) is 4.79 Å². The topological polar surface area (TPSA) is 90.3 Å². The third kappa shape index (κ3) is 6.08. The molecule has 5 heteroatoms. The van der Waals surface area contributed by atoms with Crippen LogP contribution in [0.2, 0.25) is 0 Å². The van der Waals surface area contributed by atoms with E-state index in [9.17, 15) is 15.0 Å². The fraction of sp³-hybridized carbons (Fsp3) is 0.850. The Bertz CT molecular complexity index is 449. The molecule has 2 aliphatic rings. The van der Waals surface area contributed by atoms with Crippen LogP contribution >= 0.6 is 0 Å². The molecule has 144 valence electrons. The van der Waals surface area contributed by atoms with Crippen LogP contribution < -0.4 is 0 Å². The van der Waals surface area contributed by atoms with Gasteiger partial charge in [0.15, 0.2) is 0 Å². The summed E-state index contributed by atoms with van der Waals surface area (Å²) in [5.41, 5.74) is 0. The van der Waals surface area contributed by atoms with Crippen molar-refractivity contribution in [3.63, 3.8) is 0 Å². The van der Waals surface area contributed by atoms with Crippen molar-refractivity contribution >= 4 is 5.97 Å². The lowest BCUT2D eigenvalue weighted by Crippen LogP contribution is -2.26. The molecule has 1 saturated heterocycles. The lowest BCUT2D eigenvalue weighted by molar-refractivity contribution is -0.157. The number of carboxylic acid groups (broad SMARTS) is 1. The van der Waals surface area contributed by atoms with Crippen LogP contribution in [0.1, 0.15) is 77.6 Å². The van der Waals surface area contributed by atoms with Crippen molar-refractivity contribution < 1.29 is 24.9 Å². The van der Waals surface area contributed by atoms with Gasteiger partial charge in [-0.3, -0.25) is 0 Å². The first-order chi connectivity index (χ1) is 12.0. The minimum absolute atomic E-state index is 0.312. The molecule has 1 aliphatic heterocycles. The Balaban J connectivity index is 1.62. The van der Waals surface area contributed by atoms with Gasteiger partial charge in [0.05, 0.1) is 6.10 Å². The second kappa shape index (κ2) is 9.70. The molecule has 1 aliphatic carbocycles. The number of aliphatic hydroxyl groups is 2. The van der Waals surface area contributed by atoms with Crippen molar-refractivity contribution in [2.45, 2.75) is 95.5 Å². The quantitative estimate of drug-likeness (QED) is 0.283. The van der Waals surface area contributed by atoms with Crippen LogP contribution in [0.3, 0.4) is 0 Å².